The molecule has 1 aromatic carbocycles. The van der Waals surface area contributed by atoms with E-state index in [0.29, 0.717) is 11.3 Å². The van der Waals surface area contributed by atoms with Crippen molar-refractivity contribution in [1.82, 2.24) is 0 Å². The van der Waals surface area contributed by atoms with Crippen molar-refractivity contribution < 1.29 is 0 Å². The predicted octanol–water partition coefficient (Wildman–Crippen LogP) is 3.49. The second-order valence-corrected chi connectivity index (χ2v) is 4.05. The van der Waals surface area contributed by atoms with Crippen LogP contribution in [-0.4, -0.2) is 13.1 Å². The van der Waals surface area contributed by atoms with Crippen molar-refractivity contribution in [2.75, 3.05) is 18.0 Å². The third-order valence-corrected chi connectivity index (χ3v) is 2.95. The van der Waals surface area contributed by atoms with Gasteiger partial charge in [-0.05, 0) is 43.0 Å². The first-order chi connectivity index (χ1) is 8.35. The van der Waals surface area contributed by atoms with Crippen molar-refractivity contribution in [2.45, 2.75) is 19.3 Å². The Balaban J connectivity index is 2.38. The topological polar surface area (TPSA) is 75.8 Å². The van der Waals surface area contributed by atoms with Crippen LogP contribution >= 0.6 is 0 Å². The van der Waals surface area contributed by atoms with Crippen molar-refractivity contribution in [3.05, 3.63) is 34.2 Å². The van der Waals surface area contributed by atoms with E-state index < -0.39 is 0 Å². The summed E-state index contributed by atoms with van der Waals surface area (Å²) in [6.45, 7) is 1.97. The summed E-state index contributed by atoms with van der Waals surface area (Å²) in [5.41, 5.74) is 10.6. The molecule has 0 unspecified atom stereocenters. The predicted molar refractivity (Wildman–Crippen MR) is 66.0 cm³/mol. The number of rotatable bonds is 2. The number of anilines is 1. The highest BCUT2D eigenvalue weighted by atomic mass is 15.2. The van der Waals surface area contributed by atoms with Crippen LogP contribution in [0.25, 0.3) is 10.4 Å². The van der Waals surface area contributed by atoms with Gasteiger partial charge in [0.2, 0.25) is 0 Å². The Bertz CT molecular complexity index is 490. The molecule has 1 heterocycles. The summed E-state index contributed by atoms with van der Waals surface area (Å²) in [6.07, 6.45) is 3.58. The molecule has 1 aliphatic rings. The fourth-order valence-corrected chi connectivity index (χ4v) is 2.12. The van der Waals surface area contributed by atoms with Gasteiger partial charge in [-0.3, -0.25) is 0 Å². The molecule has 0 radical (unpaired) electrons. The van der Waals surface area contributed by atoms with Gasteiger partial charge >= 0.3 is 0 Å². The Morgan fingerprint density at radius 1 is 1.29 bits per heavy atom. The van der Waals surface area contributed by atoms with Crippen LogP contribution in [0, 0.1) is 11.3 Å². The van der Waals surface area contributed by atoms with Crippen LogP contribution in [-0.2, 0) is 0 Å². The SMILES string of the molecule is N#Cc1ccc(N2CCCCC2)c(N=[N+]=[N-])c1. The smallest absolute Gasteiger partial charge is 0.0991 e. The highest BCUT2D eigenvalue weighted by molar-refractivity contribution is 5.69. The Kier molecular flexibility index (Phi) is 3.49. The number of piperidine rings is 1. The van der Waals surface area contributed by atoms with Crippen LogP contribution in [0.15, 0.2) is 23.3 Å². The van der Waals surface area contributed by atoms with E-state index in [1.807, 2.05) is 6.07 Å². The average Bonchev–Trinajstić information content (AvgIpc) is 2.40. The van der Waals surface area contributed by atoms with Gasteiger partial charge in [0.1, 0.15) is 0 Å². The van der Waals surface area contributed by atoms with Crippen LogP contribution < -0.4 is 4.90 Å². The lowest BCUT2D eigenvalue weighted by molar-refractivity contribution is 0.578. The largest absolute Gasteiger partial charge is 0.371 e. The second-order valence-electron chi connectivity index (χ2n) is 4.05. The summed E-state index contributed by atoms with van der Waals surface area (Å²) in [5, 5.41) is 12.5. The summed E-state index contributed by atoms with van der Waals surface area (Å²) in [6, 6.07) is 7.33. The van der Waals surface area contributed by atoms with Crippen molar-refractivity contribution in [3.63, 3.8) is 0 Å². The normalized spacial score (nSPS) is 14.9. The van der Waals surface area contributed by atoms with E-state index in [9.17, 15) is 0 Å². The number of benzene rings is 1. The first kappa shape index (κ1) is 11.3. The quantitative estimate of drug-likeness (QED) is 0.440. The van der Waals surface area contributed by atoms with Crippen molar-refractivity contribution in [2.24, 2.45) is 5.11 Å². The molecular weight excluding hydrogens is 214 g/mol. The van der Waals surface area contributed by atoms with Crippen LogP contribution in [0.1, 0.15) is 24.8 Å². The molecule has 1 saturated heterocycles. The van der Waals surface area contributed by atoms with E-state index in [0.717, 1.165) is 31.6 Å². The first-order valence-electron chi connectivity index (χ1n) is 5.69. The van der Waals surface area contributed by atoms with E-state index in [2.05, 4.69) is 21.0 Å². The van der Waals surface area contributed by atoms with Gasteiger partial charge in [-0.25, -0.2) is 0 Å². The van der Waals surface area contributed by atoms with Gasteiger partial charge in [0.15, 0.2) is 0 Å². The Hall–Kier alpha value is -2.18. The maximum Gasteiger partial charge on any atom is 0.0991 e. The van der Waals surface area contributed by atoms with Gasteiger partial charge < -0.3 is 4.90 Å². The van der Waals surface area contributed by atoms with E-state index in [-0.39, 0.29) is 0 Å². The van der Waals surface area contributed by atoms with E-state index in [4.69, 9.17) is 10.8 Å². The maximum absolute atomic E-state index is 8.83. The van der Waals surface area contributed by atoms with Crippen LogP contribution in [0.2, 0.25) is 0 Å². The van der Waals surface area contributed by atoms with Crippen molar-refractivity contribution >= 4 is 11.4 Å². The average molecular weight is 227 g/mol. The minimum Gasteiger partial charge on any atom is -0.371 e. The zero-order valence-electron chi connectivity index (χ0n) is 9.50. The van der Waals surface area contributed by atoms with E-state index in [1.165, 1.54) is 6.42 Å². The standard InChI is InChI=1S/C12H13N5/c13-9-10-4-5-12(11(8-10)15-16-14)17-6-2-1-3-7-17/h4-5,8H,1-3,6-7H2. The molecule has 1 aliphatic heterocycles. The first-order valence-corrected chi connectivity index (χ1v) is 5.69. The lowest BCUT2D eigenvalue weighted by Crippen LogP contribution is -2.29. The monoisotopic (exact) mass is 227 g/mol. The van der Waals surface area contributed by atoms with Crippen molar-refractivity contribution in [3.8, 4) is 6.07 Å². The summed E-state index contributed by atoms with van der Waals surface area (Å²) in [4.78, 5) is 5.04. The molecule has 0 amide bonds. The molecule has 1 aromatic rings. The molecule has 0 saturated carbocycles. The molecule has 5 heteroatoms. The number of nitrogens with zero attached hydrogens (tertiary/aromatic N) is 5. The van der Waals surface area contributed by atoms with Crippen LogP contribution in [0.5, 0.6) is 0 Å². The highest BCUT2D eigenvalue weighted by Crippen LogP contribution is 2.31. The maximum atomic E-state index is 8.83. The highest BCUT2D eigenvalue weighted by Gasteiger charge is 2.14. The van der Waals surface area contributed by atoms with Gasteiger partial charge in [0.05, 0.1) is 17.3 Å². The number of hydrogen-bond acceptors (Lipinski definition) is 3. The van der Waals surface area contributed by atoms with Gasteiger partial charge in [0.25, 0.3) is 0 Å². The second kappa shape index (κ2) is 5.24. The molecule has 0 aliphatic carbocycles. The molecule has 0 spiro atoms. The molecule has 17 heavy (non-hydrogen) atoms. The van der Waals surface area contributed by atoms with Gasteiger partial charge in [-0.15, -0.1) is 0 Å². The number of hydrogen-bond donors (Lipinski definition) is 0. The fraction of sp³-hybridized carbons (Fsp3) is 0.417. The molecule has 0 N–H and O–H groups in total. The zero-order valence-corrected chi connectivity index (χ0v) is 9.50. The van der Waals surface area contributed by atoms with Gasteiger partial charge in [-0.1, -0.05) is 5.11 Å². The van der Waals surface area contributed by atoms with Crippen LogP contribution in [0.4, 0.5) is 11.4 Å². The van der Waals surface area contributed by atoms with Crippen molar-refractivity contribution in [1.29, 1.82) is 5.26 Å². The molecule has 2 rings (SSSR count). The Morgan fingerprint density at radius 3 is 2.71 bits per heavy atom. The van der Waals surface area contributed by atoms with E-state index in [1.54, 1.807) is 12.1 Å². The molecule has 0 bridgehead atoms. The Morgan fingerprint density at radius 2 is 2.06 bits per heavy atom. The molecule has 86 valence electrons. The summed E-state index contributed by atoms with van der Waals surface area (Å²) in [7, 11) is 0. The Labute approximate surface area is 99.9 Å². The minimum absolute atomic E-state index is 0.521. The molecule has 0 atom stereocenters. The number of azide groups is 1. The minimum atomic E-state index is 0.521. The summed E-state index contributed by atoms with van der Waals surface area (Å²) in [5.74, 6) is 0. The van der Waals surface area contributed by atoms with Gasteiger partial charge in [0, 0.05) is 23.7 Å². The molecule has 1 fully saturated rings. The van der Waals surface area contributed by atoms with Crippen LogP contribution in [0.3, 0.4) is 0 Å². The lowest BCUT2D eigenvalue weighted by Gasteiger charge is -2.29. The molecular formula is C12H13N5. The zero-order chi connectivity index (χ0) is 12.1. The lowest BCUT2D eigenvalue weighted by atomic mass is 10.1. The fourth-order valence-electron chi connectivity index (χ4n) is 2.12. The molecule has 5 nitrogen and oxygen atoms in total. The molecule has 0 aromatic heterocycles. The van der Waals surface area contributed by atoms with Gasteiger partial charge in [-0.2, -0.15) is 5.26 Å². The third kappa shape index (κ3) is 2.49. The summed E-state index contributed by atoms with van der Waals surface area (Å²) < 4.78 is 0. The summed E-state index contributed by atoms with van der Waals surface area (Å²) >= 11 is 0. The van der Waals surface area contributed by atoms with E-state index >= 15 is 0 Å². The third-order valence-electron chi connectivity index (χ3n) is 2.95. The number of nitriles is 1.